The van der Waals surface area contributed by atoms with Crippen molar-refractivity contribution < 1.29 is 9.90 Å². The van der Waals surface area contributed by atoms with Gasteiger partial charge in [0.25, 0.3) is 5.91 Å². The summed E-state index contributed by atoms with van der Waals surface area (Å²) in [5, 5.41) is 9.88. The highest BCUT2D eigenvalue weighted by Gasteiger charge is 2.56. The van der Waals surface area contributed by atoms with Crippen LogP contribution in [0, 0.1) is 5.41 Å². The Bertz CT molecular complexity index is 885. The van der Waals surface area contributed by atoms with Crippen LogP contribution in [0.2, 0.25) is 0 Å². The van der Waals surface area contributed by atoms with Gasteiger partial charge >= 0.3 is 0 Å². The van der Waals surface area contributed by atoms with Crippen LogP contribution in [-0.4, -0.2) is 28.5 Å². The Kier molecular flexibility index (Phi) is 4.19. The number of nitrogens with zero attached hydrogens (tertiary/aromatic N) is 1. The van der Waals surface area contributed by atoms with Crippen LogP contribution in [0.25, 0.3) is 0 Å². The maximum absolute atomic E-state index is 13.4. The number of amides is 1. The van der Waals surface area contributed by atoms with Crippen molar-refractivity contribution in [2.24, 2.45) is 5.41 Å². The van der Waals surface area contributed by atoms with Crippen LogP contribution in [-0.2, 0) is 11.8 Å². The zero-order valence-corrected chi connectivity index (χ0v) is 16.7. The van der Waals surface area contributed by atoms with E-state index < -0.39 is 6.10 Å². The van der Waals surface area contributed by atoms with Crippen LogP contribution in [0.1, 0.15) is 67.3 Å². The number of rotatable bonds is 2. The topological polar surface area (TPSA) is 40.5 Å². The number of benzene rings is 2. The zero-order chi connectivity index (χ0) is 19.4. The van der Waals surface area contributed by atoms with E-state index in [1.807, 2.05) is 24.3 Å². The number of aliphatic hydroxyl groups excluding tert-OH is 1. The van der Waals surface area contributed by atoms with Gasteiger partial charge in [-0.15, -0.1) is 0 Å². The summed E-state index contributed by atoms with van der Waals surface area (Å²) in [5.74, 6) is 0.0806. The summed E-state index contributed by atoms with van der Waals surface area (Å²) in [6.45, 7) is 9.51. The molecule has 142 valence electrons. The molecular weight excluding hydrogens is 334 g/mol. The number of hydrogen-bond acceptors (Lipinski definition) is 2. The first kappa shape index (κ1) is 18.2. The second-order valence-corrected chi connectivity index (χ2v) is 8.98. The summed E-state index contributed by atoms with van der Waals surface area (Å²) in [5.41, 5.74) is 4.36. The number of carbonyl (C=O) groups is 1. The lowest BCUT2D eigenvalue weighted by molar-refractivity contribution is -0.0262. The van der Waals surface area contributed by atoms with Gasteiger partial charge in [-0.2, -0.15) is 0 Å². The normalized spacial score (nSPS) is 27.0. The molecule has 3 nitrogen and oxygen atoms in total. The summed E-state index contributed by atoms with van der Waals surface area (Å²) in [7, 11) is 0. The number of carbonyl (C=O) groups excluding carboxylic acids is 1. The Labute approximate surface area is 162 Å². The molecule has 3 heteroatoms. The first-order valence-corrected chi connectivity index (χ1v) is 9.93. The Morgan fingerprint density at radius 1 is 1.15 bits per heavy atom. The molecule has 0 saturated carbocycles. The van der Waals surface area contributed by atoms with E-state index >= 15 is 0 Å². The molecule has 0 aromatic heterocycles. The third kappa shape index (κ3) is 2.63. The third-order valence-corrected chi connectivity index (χ3v) is 7.39. The van der Waals surface area contributed by atoms with Crippen LogP contribution in [0.3, 0.4) is 0 Å². The van der Waals surface area contributed by atoms with E-state index in [4.69, 9.17) is 0 Å². The highest BCUT2D eigenvalue weighted by molar-refractivity contribution is 5.95. The van der Waals surface area contributed by atoms with Crippen molar-refractivity contribution in [2.75, 3.05) is 6.54 Å². The molecule has 1 aliphatic carbocycles. The monoisotopic (exact) mass is 363 g/mol. The van der Waals surface area contributed by atoms with Gasteiger partial charge in [-0.25, -0.2) is 0 Å². The largest absolute Gasteiger partial charge is 0.389 e. The fourth-order valence-electron chi connectivity index (χ4n) is 5.21. The number of piperidine rings is 1. The Hall–Kier alpha value is -2.13. The molecule has 27 heavy (non-hydrogen) atoms. The van der Waals surface area contributed by atoms with Crippen molar-refractivity contribution in [3.8, 4) is 0 Å². The van der Waals surface area contributed by atoms with Crippen LogP contribution in [0.15, 0.2) is 48.5 Å². The van der Waals surface area contributed by atoms with Gasteiger partial charge < -0.3 is 10.0 Å². The van der Waals surface area contributed by atoms with Crippen LogP contribution >= 0.6 is 0 Å². The van der Waals surface area contributed by atoms with Crippen molar-refractivity contribution in [3.05, 3.63) is 70.8 Å². The van der Waals surface area contributed by atoms with Crippen molar-refractivity contribution in [3.63, 3.8) is 0 Å². The highest BCUT2D eigenvalue weighted by Crippen LogP contribution is 2.56. The molecule has 1 N–H and O–H groups in total. The summed E-state index contributed by atoms with van der Waals surface area (Å²) in [4.78, 5) is 15.5. The SMILES string of the molecule is CC(O)c1cccc(C(=O)N2CC[C@@]3(C)c4ccccc4C[C@@H]2C3(C)C)c1. The predicted molar refractivity (Wildman–Crippen MR) is 108 cm³/mol. The minimum absolute atomic E-state index is 0.00283. The van der Waals surface area contributed by atoms with Gasteiger partial charge in [-0.3, -0.25) is 4.79 Å². The van der Waals surface area contributed by atoms with Gasteiger partial charge in [0.2, 0.25) is 0 Å². The molecule has 3 atom stereocenters. The van der Waals surface area contributed by atoms with Gasteiger partial charge in [-0.1, -0.05) is 57.2 Å². The summed E-state index contributed by atoms with van der Waals surface area (Å²) in [6, 6.07) is 16.4. The average molecular weight is 364 g/mol. The van der Waals surface area contributed by atoms with Gasteiger partial charge in [0.05, 0.1) is 6.10 Å². The van der Waals surface area contributed by atoms with E-state index in [0.717, 1.165) is 24.9 Å². The minimum atomic E-state index is -0.569. The molecule has 2 aromatic carbocycles. The maximum atomic E-state index is 13.4. The molecule has 2 aromatic rings. The summed E-state index contributed by atoms with van der Waals surface area (Å²) >= 11 is 0. The van der Waals surface area contributed by atoms with Gasteiger partial charge in [-0.05, 0) is 54.0 Å². The molecule has 2 aliphatic rings. The Morgan fingerprint density at radius 2 is 1.89 bits per heavy atom. The fraction of sp³-hybridized carbons (Fsp3) is 0.458. The third-order valence-electron chi connectivity index (χ3n) is 7.39. The second kappa shape index (κ2) is 6.20. The molecule has 0 radical (unpaired) electrons. The van der Waals surface area contributed by atoms with Gasteiger partial charge in [0, 0.05) is 23.6 Å². The first-order valence-electron chi connectivity index (χ1n) is 9.93. The predicted octanol–water partition coefficient (Wildman–Crippen LogP) is 4.49. The molecule has 1 unspecified atom stereocenters. The van der Waals surface area contributed by atoms with Crippen molar-refractivity contribution >= 4 is 5.91 Å². The average Bonchev–Trinajstić information content (AvgIpc) is 2.64. The Balaban J connectivity index is 1.73. The minimum Gasteiger partial charge on any atom is -0.389 e. The molecule has 0 spiro atoms. The lowest BCUT2D eigenvalue weighted by atomic mass is 9.51. The fourth-order valence-corrected chi connectivity index (χ4v) is 5.21. The quantitative estimate of drug-likeness (QED) is 0.854. The highest BCUT2D eigenvalue weighted by atomic mass is 16.3. The molecule has 2 bridgehead atoms. The molecule has 1 fully saturated rings. The van der Waals surface area contributed by atoms with E-state index in [9.17, 15) is 9.90 Å². The van der Waals surface area contributed by atoms with Crippen LogP contribution in [0.4, 0.5) is 0 Å². The van der Waals surface area contributed by atoms with E-state index in [1.165, 1.54) is 11.1 Å². The molecule has 1 amide bonds. The van der Waals surface area contributed by atoms with Crippen molar-refractivity contribution in [1.29, 1.82) is 0 Å². The van der Waals surface area contributed by atoms with E-state index in [0.29, 0.717) is 5.56 Å². The molecule has 4 rings (SSSR count). The van der Waals surface area contributed by atoms with Gasteiger partial charge in [0.15, 0.2) is 0 Å². The zero-order valence-electron chi connectivity index (χ0n) is 16.7. The molecule has 1 aliphatic heterocycles. The van der Waals surface area contributed by atoms with E-state index in [1.54, 1.807) is 6.92 Å². The van der Waals surface area contributed by atoms with Crippen molar-refractivity contribution in [2.45, 2.75) is 58.1 Å². The van der Waals surface area contributed by atoms with E-state index in [-0.39, 0.29) is 22.8 Å². The first-order chi connectivity index (χ1) is 12.8. The van der Waals surface area contributed by atoms with Crippen molar-refractivity contribution in [1.82, 2.24) is 4.90 Å². The lowest BCUT2D eigenvalue weighted by Crippen LogP contribution is -2.64. The number of aliphatic hydroxyl groups is 1. The molecule has 1 saturated heterocycles. The molecular formula is C24H29NO2. The summed E-state index contributed by atoms with van der Waals surface area (Å²) in [6.07, 6.45) is 1.30. The van der Waals surface area contributed by atoms with Crippen LogP contribution < -0.4 is 0 Å². The smallest absolute Gasteiger partial charge is 0.254 e. The standard InChI is InChI=1S/C24H29NO2/c1-16(26)17-9-7-10-19(14-17)22(27)25-13-12-24(4)20-11-6-5-8-18(20)15-21(25)23(24,2)3/h5-11,14,16,21,26H,12-13,15H2,1-4H3/t16?,21-,24+/m1/s1. The second-order valence-electron chi connectivity index (χ2n) is 8.98. The van der Waals surface area contributed by atoms with Gasteiger partial charge in [0.1, 0.15) is 0 Å². The Morgan fingerprint density at radius 3 is 2.63 bits per heavy atom. The number of likely N-dealkylation sites (tertiary alicyclic amines) is 1. The van der Waals surface area contributed by atoms with Crippen LogP contribution in [0.5, 0.6) is 0 Å². The summed E-state index contributed by atoms with van der Waals surface area (Å²) < 4.78 is 0. The molecule has 1 heterocycles. The van der Waals surface area contributed by atoms with E-state index in [2.05, 4.69) is 49.9 Å². The number of fused-ring (bicyclic) bond motifs is 4. The number of hydrogen-bond donors (Lipinski definition) is 1. The maximum Gasteiger partial charge on any atom is 0.254 e. The lowest BCUT2D eigenvalue weighted by Gasteiger charge is -2.60.